The van der Waals surface area contributed by atoms with Gasteiger partial charge in [0.05, 0.1) is 0 Å². The van der Waals surface area contributed by atoms with Gasteiger partial charge in [-0.25, -0.2) is 0 Å². The molecule has 0 saturated carbocycles. The summed E-state index contributed by atoms with van der Waals surface area (Å²) in [6, 6.07) is 0.568. The number of nitrogens with one attached hydrogen (secondary N) is 1. The van der Waals surface area contributed by atoms with Crippen LogP contribution in [0.3, 0.4) is 0 Å². The standard InChI is InChI=1S/C9H17NO2/c1-8(11)2-5-10-9-3-6-12-7-4-9/h9-10H,2-7H2,1H3. The van der Waals surface area contributed by atoms with Crippen LogP contribution in [0.1, 0.15) is 26.2 Å². The van der Waals surface area contributed by atoms with Crippen molar-refractivity contribution in [1.29, 1.82) is 0 Å². The van der Waals surface area contributed by atoms with E-state index in [4.69, 9.17) is 4.74 Å². The highest BCUT2D eigenvalue weighted by atomic mass is 16.5. The molecule has 12 heavy (non-hydrogen) atoms. The van der Waals surface area contributed by atoms with Crippen LogP contribution in [0.5, 0.6) is 0 Å². The Morgan fingerprint density at radius 1 is 1.50 bits per heavy atom. The van der Waals surface area contributed by atoms with Gasteiger partial charge in [0, 0.05) is 32.2 Å². The third kappa shape index (κ3) is 3.83. The lowest BCUT2D eigenvalue weighted by Gasteiger charge is -2.22. The smallest absolute Gasteiger partial charge is 0.131 e. The van der Waals surface area contributed by atoms with Crippen molar-refractivity contribution in [2.45, 2.75) is 32.2 Å². The molecule has 1 N–H and O–H groups in total. The number of carbonyl (C=O) groups is 1. The van der Waals surface area contributed by atoms with Crippen molar-refractivity contribution in [2.24, 2.45) is 0 Å². The lowest BCUT2D eigenvalue weighted by molar-refractivity contribution is -0.116. The molecule has 3 nitrogen and oxygen atoms in total. The van der Waals surface area contributed by atoms with Crippen molar-refractivity contribution in [2.75, 3.05) is 19.8 Å². The SMILES string of the molecule is CC(=O)CCNC1CCOCC1. The topological polar surface area (TPSA) is 38.3 Å². The first-order valence-electron chi connectivity index (χ1n) is 4.59. The molecule has 0 amide bonds. The average molecular weight is 171 g/mol. The Morgan fingerprint density at radius 3 is 2.75 bits per heavy atom. The molecule has 0 aromatic rings. The maximum Gasteiger partial charge on any atom is 0.131 e. The second kappa shape index (κ2) is 5.27. The minimum Gasteiger partial charge on any atom is -0.381 e. The van der Waals surface area contributed by atoms with Gasteiger partial charge in [0.1, 0.15) is 5.78 Å². The van der Waals surface area contributed by atoms with E-state index in [0.717, 1.165) is 32.6 Å². The summed E-state index contributed by atoms with van der Waals surface area (Å²) in [5.74, 6) is 0.259. The molecule has 0 spiro atoms. The molecular weight excluding hydrogens is 154 g/mol. The summed E-state index contributed by atoms with van der Waals surface area (Å²) >= 11 is 0. The first-order chi connectivity index (χ1) is 5.79. The third-order valence-electron chi connectivity index (χ3n) is 2.13. The zero-order chi connectivity index (χ0) is 8.81. The fourth-order valence-electron chi connectivity index (χ4n) is 1.35. The van der Waals surface area contributed by atoms with E-state index in [1.807, 2.05) is 0 Å². The first-order valence-corrected chi connectivity index (χ1v) is 4.59. The predicted molar refractivity (Wildman–Crippen MR) is 47.1 cm³/mol. The van der Waals surface area contributed by atoms with Crippen LogP contribution in [-0.2, 0) is 9.53 Å². The Balaban J connectivity index is 2.01. The van der Waals surface area contributed by atoms with Gasteiger partial charge in [0.25, 0.3) is 0 Å². The second-order valence-electron chi connectivity index (χ2n) is 3.29. The van der Waals surface area contributed by atoms with Crippen LogP contribution in [0, 0.1) is 0 Å². The largest absolute Gasteiger partial charge is 0.381 e. The number of ether oxygens (including phenoxy) is 1. The molecule has 0 radical (unpaired) electrons. The fraction of sp³-hybridized carbons (Fsp3) is 0.889. The molecule has 0 unspecified atom stereocenters. The highest BCUT2D eigenvalue weighted by Gasteiger charge is 2.12. The number of carbonyl (C=O) groups excluding carboxylic acids is 1. The molecule has 0 aromatic heterocycles. The Kier molecular flexibility index (Phi) is 4.25. The van der Waals surface area contributed by atoms with Crippen molar-refractivity contribution in [3.63, 3.8) is 0 Å². The van der Waals surface area contributed by atoms with Gasteiger partial charge in [-0.1, -0.05) is 0 Å². The van der Waals surface area contributed by atoms with Crippen LogP contribution in [0.15, 0.2) is 0 Å². The van der Waals surface area contributed by atoms with Gasteiger partial charge in [0.2, 0.25) is 0 Å². The predicted octanol–water partition coefficient (Wildman–Crippen LogP) is 0.734. The van der Waals surface area contributed by atoms with E-state index in [-0.39, 0.29) is 5.78 Å². The van der Waals surface area contributed by atoms with Crippen LogP contribution in [0.4, 0.5) is 0 Å². The van der Waals surface area contributed by atoms with Crippen molar-refractivity contribution in [1.82, 2.24) is 5.32 Å². The summed E-state index contributed by atoms with van der Waals surface area (Å²) in [7, 11) is 0. The molecule has 1 aliphatic heterocycles. The van der Waals surface area contributed by atoms with E-state index >= 15 is 0 Å². The van der Waals surface area contributed by atoms with Crippen LogP contribution >= 0.6 is 0 Å². The van der Waals surface area contributed by atoms with Gasteiger partial charge < -0.3 is 10.1 Å². The monoisotopic (exact) mass is 171 g/mol. The normalized spacial score (nSPS) is 19.4. The van der Waals surface area contributed by atoms with E-state index < -0.39 is 0 Å². The molecule has 0 bridgehead atoms. The molecular formula is C9H17NO2. The summed E-state index contributed by atoms with van der Waals surface area (Å²) in [4.78, 5) is 10.6. The molecule has 1 aliphatic rings. The molecule has 1 fully saturated rings. The van der Waals surface area contributed by atoms with Gasteiger partial charge in [0.15, 0.2) is 0 Å². The summed E-state index contributed by atoms with van der Waals surface area (Å²) in [5.41, 5.74) is 0. The number of Topliss-reactive ketones (excluding diaryl/α,β-unsaturated/α-hetero) is 1. The van der Waals surface area contributed by atoms with Crippen LogP contribution in [0.2, 0.25) is 0 Å². The highest BCUT2D eigenvalue weighted by molar-refractivity contribution is 5.75. The zero-order valence-electron chi connectivity index (χ0n) is 7.64. The van der Waals surface area contributed by atoms with Crippen LogP contribution in [0.25, 0.3) is 0 Å². The summed E-state index contributed by atoms with van der Waals surface area (Å²) in [5, 5.41) is 3.35. The molecule has 1 saturated heterocycles. The minimum atomic E-state index is 0.259. The summed E-state index contributed by atoms with van der Waals surface area (Å²) in [6.07, 6.45) is 2.81. The van der Waals surface area contributed by atoms with E-state index in [2.05, 4.69) is 5.32 Å². The fourth-order valence-corrected chi connectivity index (χ4v) is 1.35. The van der Waals surface area contributed by atoms with Crippen molar-refractivity contribution < 1.29 is 9.53 Å². The summed E-state index contributed by atoms with van der Waals surface area (Å²) < 4.78 is 5.22. The van der Waals surface area contributed by atoms with Crippen molar-refractivity contribution in [3.05, 3.63) is 0 Å². The molecule has 0 aromatic carbocycles. The summed E-state index contributed by atoms with van der Waals surface area (Å²) in [6.45, 7) is 4.17. The lowest BCUT2D eigenvalue weighted by Crippen LogP contribution is -2.35. The molecule has 1 rings (SSSR count). The Morgan fingerprint density at radius 2 is 2.17 bits per heavy atom. The maximum absolute atomic E-state index is 10.6. The number of hydrogen-bond acceptors (Lipinski definition) is 3. The Hall–Kier alpha value is -0.410. The average Bonchev–Trinajstić information content (AvgIpc) is 2.05. The zero-order valence-corrected chi connectivity index (χ0v) is 7.64. The van der Waals surface area contributed by atoms with E-state index in [0.29, 0.717) is 12.5 Å². The number of hydrogen-bond donors (Lipinski definition) is 1. The lowest BCUT2D eigenvalue weighted by atomic mass is 10.1. The molecule has 3 heteroatoms. The Bertz CT molecular complexity index is 141. The second-order valence-corrected chi connectivity index (χ2v) is 3.29. The van der Waals surface area contributed by atoms with Crippen LogP contribution < -0.4 is 5.32 Å². The van der Waals surface area contributed by atoms with Gasteiger partial charge in [-0.2, -0.15) is 0 Å². The van der Waals surface area contributed by atoms with Gasteiger partial charge in [-0.3, -0.25) is 4.79 Å². The maximum atomic E-state index is 10.6. The van der Waals surface area contributed by atoms with Crippen molar-refractivity contribution in [3.8, 4) is 0 Å². The van der Waals surface area contributed by atoms with Crippen LogP contribution in [-0.4, -0.2) is 31.6 Å². The Labute approximate surface area is 73.5 Å². The van der Waals surface area contributed by atoms with E-state index in [9.17, 15) is 4.79 Å². The first kappa shape index (κ1) is 9.68. The van der Waals surface area contributed by atoms with Gasteiger partial charge >= 0.3 is 0 Å². The van der Waals surface area contributed by atoms with Crippen molar-refractivity contribution >= 4 is 5.78 Å². The highest BCUT2D eigenvalue weighted by Crippen LogP contribution is 2.05. The van der Waals surface area contributed by atoms with E-state index in [1.165, 1.54) is 0 Å². The molecule has 70 valence electrons. The van der Waals surface area contributed by atoms with Gasteiger partial charge in [-0.05, 0) is 19.8 Å². The minimum absolute atomic E-state index is 0.259. The van der Waals surface area contributed by atoms with Gasteiger partial charge in [-0.15, -0.1) is 0 Å². The number of ketones is 1. The molecule has 1 heterocycles. The molecule has 0 aliphatic carbocycles. The third-order valence-corrected chi connectivity index (χ3v) is 2.13. The number of rotatable bonds is 4. The van der Waals surface area contributed by atoms with E-state index in [1.54, 1.807) is 6.92 Å². The quantitative estimate of drug-likeness (QED) is 0.677. The molecule has 0 atom stereocenters.